The zero-order valence-corrected chi connectivity index (χ0v) is 9.98. The average molecular weight is 255 g/mol. The summed E-state index contributed by atoms with van der Waals surface area (Å²) in [7, 11) is -3.67. The number of fused-ring (bicyclic) bond motifs is 1. The predicted molar refractivity (Wildman–Crippen MR) is 67.5 cm³/mol. The second kappa shape index (κ2) is 5.03. The first-order valence-electron chi connectivity index (χ1n) is 4.66. The van der Waals surface area contributed by atoms with Gasteiger partial charge in [0.1, 0.15) is 5.75 Å². The molecule has 0 spiro atoms. The zero-order chi connectivity index (χ0) is 13.1. The minimum Gasteiger partial charge on any atom is -0.508 e. The molecule has 0 aromatic heterocycles. The summed E-state index contributed by atoms with van der Waals surface area (Å²) in [6, 6.07) is 10.8. The molecule has 0 saturated carbocycles. The van der Waals surface area contributed by atoms with E-state index in [9.17, 15) is 8.42 Å². The number of hydrogen-bond donors (Lipinski definition) is 3. The molecule has 0 bridgehead atoms. The first-order chi connectivity index (χ1) is 7.75. The van der Waals surface area contributed by atoms with Crippen LogP contribution in [0.2, 0.25) is 0 Å². The maximum atomic E-state index is 9.19. The number of anilines is 1. The van der Waals surface area contributed by atoms with Gasteiger partial charge in [-0.25, -0.2) is 0 Å². The van der Waals surface area contributed by atoms with Gasteiger partial charge >= 0.3 is 0 Å². The highest BCUT2D eigenvalue weighted by molar-refractivity contribution is 7.85. The van der Waals surface area contributed by atoms with Gasteiger partial charge in [0.25, 0.3) is 10.1 Å². The van der Waals surface area contributed by atoms with Gasteiger partial charge in [0, 0.05) is 5.69 Å². The lowest BCUT2D eigenvalue weighted by Crippen LogP contribution is -1.88. The summed E-state index contributed by atoms with van der Waals surface area (Å²) < 4.78 is 25.9. The largest absolute Gasteiger partial charge is 0.508 e. The Bertz CT molecular complexity index is 573. The predicted octanol–water partition coefficient (Wildman–Crippen LogP) is 1.63. The van der Waals surface area contributed by atoms with E-state index in [1.807, 2.05) is 24.3 Å². The lowest BCUT2D eigenvalue weighted by atomic mass is 10.1. The standard InChI is InChI=1S/C10H9NO.CH4O3S/c11-9-3-1-8-6-10(12)4-2-7(8)5-9;1-5(2,3)4/h1-6,12H,11H2;1H3,(H,2,3,4). The van der Waals surface area contributed by atoms with Gasteiger partial charge in [0.15, 0.2) is 0 Å². The normalized spacial score (nSPS) is 10.7. The lowest BCUT2D eigenvalue weighted by molar-refractivity contribution is 0.476. The topological polar surface area (TPSA) is 101 Å². The van der Waals surface area contributed by atoms with E-state index < -0.39 is 10.1 Å². The Morgan fingerprint density at radius 3 is 2.12 bits per heavy atom. The summed E-state index contributed by atoms with van der Waals surface area (Å²) in [6.07, 6.45) is 0.715. The highest BCUT2D eigenvalue weighted by atomic mass is 32.2. The van der Waals surface area contributed by atoms with E-state index >= 15 is 0 Å². The van der Waals surface area contributed by atoms with Crippen LogP contribution in [0.1, 0.15) is 0 Å². The summed E-state index contributed by atoms with van der Waals surface area (Å²) in [5.41, 5.74) is 6.34. The van der Waals surface area contributed by atoms with Crippen LogP contribution >= 0.6 is 0 Å². The average Bonchev–Trinajstić information content (AvgIpc) is 2.16. The number of benzene rings is 2. The smallest absolute Gasteiger partial charge is 0.261 e. The van der Waals surface area contributed by atoms with Crippen LogP contribution in [-0.4, -0.2) is 24.3 Å². The molecule has 0 unspecified atom stereocenters. The van der Waals surface area contributed by atoms with Gasteiger partial charge in [0.2, 0.25) is 0 Å². The van der Waals surface area contributed by atoms with Gasteiger partial charge in [-0.1, -0.05) is 12.1 Å². The van der Waals surface area contributed by atoms with E-state index in [-0.39, 0.29) is 5.75 Å². The third-order valence-electron chi connectivity index (χ3n) is 1.85. The molecule has 2 aromatic carbocycles. The minimum atomic E-state index is -3.67. The molecule has 0 aliphatic heterocycles. The van der Waals surface area contributed by atoms with Crippen LogP contribution in [0, 0.1) is 0 Å². The molecule has 17 heavy (non-hydrogen) atoms. The maximum Gasteiger partial charge on any atom is 0.261 e. The Morgan fingerprint density at radius 2 is 1.53 bits per heavy atom. The van der Waals surface area contributed by atoms with Crippen molar-refractivity contribution in [1.82, 2.24) is 0 Å². The van der Waals surface area contributed by atoms with Crippen molar-refractivity contribution in [2.75, 3.05) is 12.0 Å². The number of nitrogen functional groups attached to an aromatic ring is 1. The number of rotatable bonds is 0. The number of nitrogens with two attached hydrogens (primary N) is 1. The summed E-state index contributed by atoms with van der Waals surface area (Å²) in [5, 5.41) is 11.2. The van der Waals surface area contributed by atoms with E-state index in [1.165, 1.54) is 0 Å². The van der Waals surface area contributed by atoms with Crippen LogP contribution < -0.4 is 5.73 Å². The second-order valence-electron chi connectivity index (χ2n) is 3.52. The summed E-state index contributed by atoms with van der Waals surface area (Å²) in [5.74, 6) is 0.285. The Morgan fingerprint density at radius 1 is 1.06 bits per heavy atom. The summed E-state index contributed by atoms with van der Waals surface area (Å²) >= 11 is 0. The molecule has 2 rings (SSSR count). The van der Waals surface area contributed by atoms with E-state index in [0.717, 1.165) is 16.5 Å². The Balaban J connectivity index is 0.000000249. The fraction of sp³-hybridized carbons (Fsp3) is 0.0909. The van der Waals surface area contributed by atoms with E-state index in [1.54, 1.807) is 12.1 Å². The number of phenols is 1. The molecule has 0 fully saturated rings. The van der Waals surface area contributed by atoms with Crippen molar-refractivity contribution in [2.24, 2.45) is 0 Å². The lowest BCUT2D eigenvalue weighted by Gasteiger charge is -1.99. The fourth-order valence-corrected chi connectivity index (χ4v) is 1.25. The van der Waals surface area contributed by atoms with Gasteiger partial charge in [-0.05, 0) is 35.0 Å². The van der Waals surface area contributed by atoms with Crippen LogP contribution in [0.5, 0.6) is 5.75 Å². The quantitative estimate of drug-likeness (QED) is 0.490. The Hall–Kier alpha value is -1.79. The first-order valence-corrected chi connectivity index (χ1v) is 6.51. The molecule has 0 aliphatic carbocycles. The Kier molecular flexibility index (Phi) is 3.93. The van der Waals surface area contributed by atoms with Gasteiger partial charge in [0.05, 0.1) is 6.26 Å². The summed E-state index contributed by atoms with van der Waals surface area (Å²) in [4.78, 5) is 0. The highest BCUT2D eigenvalue weighted by Crippen LogP contribution is 2.21. The third kappa shape index (κ3) is 5.19. The van der Waals surface area contributed by atoms with Crippen molar-refractivity contribution >= 4 is 26.6 Å². The van der Waals surface area contributed by atoms with Gasteiger partial charge in [-0.2, -0.15) is 8.42 Å². The van der Waals surface area contributed by atoms with Crippen LogP contribution in [-0.2, 0) is 10.1 Å². The van der Waals surface area contributed by atoms with Gasteiger partial charge in [-0.3, -0.25) is 4.55 Å². The van der Waals surface area contributed by atoms with Crippen molar-refractivity contribution in [3.05, 3.63) is 36.4 Å². The molecular weight excluding hydrogens is 242 g/mol. The molecule has 0 atom stereocenters. The molecule has 0 amide bonds. The molecule has 92 valence electrons. The van der Waals surface area contributed by atoms with Crippen LogP contribution in [0.15, 0.2) is 36.4 Å². The van der Waals surface area contributed by atoms with Gasteiger partial charge < -0.3 is 10.8 Å². The van der Waals surface area contributed by atoms with Crippen LogP contribution in [0.25, 0.3) is 10.8 Å². The number of phenolic OH excluding ortho intramolecular Hbond substituents is 1. The van der Waals surface area contributed by atoms with Crippen LogP contribution in [0.3, 0.4) is 0 Å². The number of aromatic hydroxyl groups is 1. The summed E-state index contributed by atoms with van der Waals surface area (Å²) in [6.45, 7) is 0. The molecule has 0 heterocycles. The molecule has 6 heteroatoms. The van der Waals surface area contributed by atoms with Crippen molar-refractivity contribution in [1.29, 1.82) is 0 Å². The van der Waals surface area contributed by atoms with Gasteiger partial charge in [-0.15, -0.1) is 0 Å². The molecule has 0 saturated heterocycles. The van der Waals surface area contributed by atoms with Crippen molar-refractivity contribution < 1.29 is 18.1 Å². The zero-order valence-electron chi connectivity index (χ0n) is 9.16. The fourth-order valence-electron chi connectivity index (χ4n) is 1.25. The molecular formula is C11H13NO4S. The maximum absolute atomic E-state index is 9.19. The van der Waals surface area contributed by atoms with E-state index in [4.69, 9.17) is 15.4 Å². The molecule has 2 aromatic rings. The third-order valence-corrected chi connectivity index (χ3v) is 1.85. The van der Waals surface area contributed by atoms with Crippen LogP contribution in [0.4, 0.5) is 5.69 Å². The first kappa shape index (κ1) is 13.3. The Labute approximate surface area is 99.2 Å². The van der Waals surface area contributed by atoms with E-state index in [0.29, 0.717) is 6.26 Å². The monoisotopic (exact) mass is 255 g/mol. The highest BCUT2D eigenvalue weighted by Gasteiger charge is 1.94. The van der Waals surface area contributed by atoms with Crippen molar-refractivity contribution in [3.8, 4) is 5.75 Å². The molecule has 0 radical (unpaired) electrons. The SMILES string of the molecule is CS(=O)(=O)O.Nc1ccc2cc(O)ccc2c1. The molecule has 0 aliphatic rings. The molecule has 5 nitrogen and oxygen atoms in total. The van der Waals surface area contributed by atoms with Crippen molar-refractivity contribution in [3.63, 3.8) is 0 Å². The number of hydrogen-bond acceptors (Lipinski definition) is 4. The minimum absolute atomic E-state index is 0.285. The second-order valence-corrected chi connectivity index (χ2v) is 4.99. The van der Waals surface area contributed by atoms with E-state index in [2.05, 4.69) is 0 Å². The van der Waals surface area contributed by atoms with Crippen molar-refractivity contribution in [2.45, 2.75) is 0 Å². The molecule has 4 N–H and O–H groups in total.